The zero-order chi connectivity index (χ0) is 12.0. The standard InChI is InChI=1S/C11H21NO4/c1-3-16-11(14)6-10(13)7-12(2)9-4-5-15-8-9/h9-10,13H,3-8H2,1-2H3. The lowest BCUT2D eigenvalue weighted by Gasteiger charge is -2.25. The van der Waals surface area contributed by atoms with Gasteiger partial charge in [0.05, 0.1) is 25.7 Å². The van der Waals surface area contributed by atoms with Crippen LogP contribution < -0.4 is 0 Å². The van der Waals surface area contributed by atoms with Gasteiger partial charge in [-0.25, -0.2) is 0 Å². The van der Waals surface area contributed by atoms with Gasteiger partial charge in [0.2, 0.25) is 0 Å². The number of likely N-dealkylation sites (N-methyl/N-ethyl adjacent to an activating group) is 1. The van der Waals surface area contributed by atoms with E-state index in [0.29, 0.717) is 25.8 Å². The molecule has 0 aromatic carbocycles. The molecule has 2 unspecified atom stereocenters. The Labute approximate surface area is 96.3 Å². The molecule has 5 heteroatoms. The highest BCUT2D eigenvalue weighted by Crippen LogP contribution is 2.11. The second-order valence-electron chi connectivity index (χ2n) is 4.12. The van der Waals surface area contributed by atoms with Crippen LogP contribution in [0.3, 0.4) is 0 Å². The lowest BCUT2D eigenvalue weighted by atomic mass is 10.2. The maximum Gasteiger partial charge on any atom is 0.308 e. The summed E-state index contributed by atoms with van der Waals surface area (Å²) in [4.78, 5) is 13.2. The zero-order valence-corrected chi connectivity index (χ0v) is 10.0. The van der Waals surface area contributed by atoms with Crippen molar-refractivity contribution in [1.82, 2.24) is 4.90 Å². The van der Waals surface area contributed by atoms with Gasteiger partial charge in [-0.2, -0.15) is 0 Å². The van der Waals surface area contributed by atoms with Crippen LogP contribution in [-0.2, 0) is 14.3 Å². The average Bonchev–Trinajstić information content (AvgIpc) is 2.69. The fourth-order valence-corrected chi connectivity index (χ4v) is 1.83. The van der Waals surface area contributed by atoms with Crippen molar-refractivity contribution in [3.63, 3.8) is 0 Å². The van der Waals surface area contributed by atoms with Crippen molar-refractivity contribution in [2.24, 2.45) is 0 Å². The molecule has 94 valence electrons. The van der Waals surface area contributed by atoms with Crippen LogP contribution in [0, 0.1) is 0 Å². The van der Waals surface area contributed by atoms with E-state index in [4.69, 9.17) is 9.47 Å². The summed E-state index contributed by atoms with van der Waals surface area (Å²) < 4.78 is 10.0. The molecule has 0 bridgehead atoms. The number of aliphatic hydroxyl groups excluding tert-OH is 1. The lowest BCUT2D eigenvalue weighted by Crippen LogP contribution is -2.38. The molecular formula is C11H21NO4. The van der Waals surface area contributed by atoms with Crippen LogP contribution in [0.5, 0.6) is 0 Å². The highest BCUT2D eigenvalue weighted by atomic mass is 16.5. The summed E-state index contributed by atoms with van der Waals surface area (Å²) >= 11 is 0. The van der Waals surface area contributed by atoms with E-state index in [1.165, 1.54) is 0 Å². The van der Waals surface area contributed by atoms with Gasteiger partial charge >= 0.3 is 5.97 Å². The molecule has 0 amide bonds. The van der Waals surface area contributed by atoms with Crippen LogP contribution in [0.15, 0.2) is 0 Å². The predicted octanol–water partition coefficient (Wildman–Crippen LogP) is 0.0212. The van der Waals surface area contributed by atoms with Crippen molar-refractivity contribution in [3.8, 4) is 0 Å². The summed E-state index contributed by atoms with van der Waals surface area (Å²) in [6.45, 7) is 4.09. The van der Waals surface area contributed by atoms with E-state index in [-0.39, 0.29) is 12.4 Å². The maximum atomic E-state index is 11.1. The monoisotopic (exact) mass is 231 g/mol. The van der Waals surface area contributed by atoms with Gasteiger partial charge in [0.15, 0.2) is 0 Å². The molecule has 0 spiro atoms. The van der Waals surface area contributed by atoms with E-state index in [1.54, 1.807) is 6.92 Å². The number of ether oxygens (including phenoxy) is 2. The maximum absolute atomic E-state index is 11.1. The van der Waals surface area contributed by atoms with Crippen molar-refractivity contribution in [2.45, 2.75) is 31.9 Å². The molecule has 16 heavy (non-hydrogen) atoms. The van der Waals surface area contributed by atoms with E-state index in [1.807, 2.05) is 11.9 Å². The zero-order valence-electron chi connectivity index (χ0n) is 10.0. The van der Waals surface area contributed by atoms with Gasteiger partial charge < -0.3 is 14.6 Å². The van der Waals surface area contributed by atoms with Crippen LogP contribution >= 0.6 is 0 Å². The lowest BCUT2D eigenvalue weighted by molar-refractivity contribution is -0.145. The Morgan fingerprint density at radius 1 is 1.69 bits per heavy atom. The first-order valence-corrected chi connectivity index (χ1v) is 5.75. The highest BCUT2D eigenvalue weighted by Gasteiger charge is 2.23. The third-order valence-corrected chi connectivity index (χ3v) is 2.74. The largest absolute Gasteiger partial charge is 0.466 e. The van der Waals surface area contributed by atoms with Crippen molar-refractivity contribution in [3.05, 3.63) is 0 Å². The van der Waals surface area contributed by atoms with Crippen molar-refractivity contribution in [2.75, 3.05) is 33.4 Å². The van der Waals surface area contributed by atoms with Crippen LogP contribution in [0.1, 0.15) is 19.8 Å². The number of esters is 1. The molecule has 1 N–H and O–H groups in total. The van der Waals surface area contributed by atoms with Crippen molar-refractivity contribution < 1.29 is 19.4 Å². The molecule has 1 saturated heterocycles. The Bertz CT molecular complexity index is 216. The molecule has 5 nitrogen and oxygen atoms in total. The molecule has 0 saturated carbocycles. The van der Waals surface area contributed by atoms with E-state index >= 15 is 0 Å². The summed E-state index contributed by atoms with van der Waals surface area (Å²) in [6.07, 6.45) is 0.388. The molecule has 1 heterocycles. The third-order valence-electron chi connectivity index (χ3n) is 2.74. The number of rotatable bonds is 6. The minimum atomic E-state index is -0.662. The fourth-order valence-electron chi connectivity index (χ4n) is 1.83. The predicted molar refractivity (Wildman–Crippen MR) is 59.1 cm³/mol. The van der Waals surface area contributed by atoms with Gasteiger partial charge in [-0.3, -0.25) is 9.69 Å². The number of carbonyl (C=O) groups is 1. The second-order valence-corrected chi connectivity index (χ2v) is 4.12. The fraction of sp³-hybridized carbons (Fsp3) is 0.909. The first kappa shape index (κ1) is 13.4. The molecule has 0 aliphatic carbocycles. The van der Waals surface area contributed by atoms with Gasteiger partial charge in [0, 0.05) is 19.2 Å². The van der Waals surface area contributed by atoms with Crippen LogP contribution in [0.25, 0.3) is 0 Å². The minimum Gasteiger partial charge on any atom is -0.466 e. The van der Waals surface area contributed by atoms with Crippen LogP contribution in [0.4, 0.5) is 0 Å². The summed E-state index contributed by atoms with van der Waals surface area (Å²) in [6, 6.07) is 0.358. The molecule has 1 aliphatic heterocycles. The number of aliphatic hydroxyl groups is 1. The van der Waals surface area contributed by atoms with Gasteiger partial charge in [0.1, 0.15) is 0 Å². The summed E-state index contributed by atoms with van der Waals surface area (Å²) in [7, 11) is 1.94. The SMILES string of the molecule is CCOC(=O)CC(O)CN(C)C1CCOC1. The third kappa shape index (κ3) is 4.47. The number of nitrogens with zero attached hydrogens (tertiary/aromatic N) is 1. The molecule has 1 rings (SSSR count). The van der Waals surface area contributed by atoms with Crippen LogP contribution in [0.2, 0.25) is 0 Å². The van der Waals surface area contributed by atoms with E-state index in [2.05, 4.69) is 0 Å². The van der Waals surface area contributed by atoms with Gasteiger partial charge in [-0.1, -0.05) is 0 Å². The quantitative estimate of drug-likeness (QED) is 0.653. The molecule has 0 radical (unpaired) electrons. The highest BCUT2D eigenvalue weighted by molar-refractivity contribution is 5.69. The van der Waals surface area contributed by atoms with Gasteiger partial charge in [-0.05, 0) is 20.4 Å². The summed E-state index contributed by atoms with van der Waals surface area (Å²) in [5, 5.41) is 9.69. The Balaban J connectivity index is 2.21. The molecule has 0 aromatic rings. The Morgan fingerprint density at radius 2 is 2.44 bits per heavy atom. The number of hydrogen-bond donors (Lipinski definition) is 1. The molecule has 1 fully saturated rings. The topological polar surface area (TPSA) is 59.0 Å². The summed E-state index contributed by atoms with van der Waals surface area (Å²) in [5.41, 5.74) is 0. The Kier molecular flexibility index (Phi) is 5.73. The van der Waals surface area contributed by atoms with Gasteiger partial charge in [-0.15, -0.1) is 0 Å². The van der Waals surface area contributed by atoms with E-state index in [9.17, 15) is 9.90 Å². The molecule has 0 aromatic heterocycles. The van der Waals surface area contributed by atoms with E-state index in [0.717, 1.165) is 13.0 Å². The minimum absolute atomic E-state index is 0.0613. The molecule has 2 atom stereocenters. The average molecular weight is 231 g/mol. The molecular weight excluding hydrogens is 210 g/mol. The smallest absolute Gasteiger partial charge is 0.308 e. The number of hydrogen-bond acceptors (Lipinski definition) is 5. The Hall–Kier alpha value is -0.650. The van der Waals surface area contributed by atoms with Crippen molar-refractivity contribution in [1.29, 1.82) is 0 Å². The van der Waals surface area contributed by atoms with E-state index < -0.39 is 6.10 Å². The first-order valence-electron chi connectivity index (χ1n) is 5.75. The number of carbonyl (C=O) groups excluding carboxylic acids is 1. The van der Waals surface area contributed by atoms with Crippen molar-refractivity contribution >= 4 is 5.97 Å². The second kappa shape index (κ2) is 6.83. The van der Waals surface area contributed by atoms with Gasteiger partial charge in [0.25, 0.3) is 0 Å². The summed E-state index contributed by atoms with van der Waals surface area (Å²) in [5.74, 6) is -0.342. The van der Waals surface area contributed by atoms with Crippen LogP contribution in [-0.4, -0.2) is 61.5 Å². The Morgan fingerprint density at radius 3 is 3.00 bits per heavy atom. The molecule has 1 aliphatic rings. The normalized spacial score (nSPS) is 22.4. The first-order chi connectivity index (χ1) is 7.63.